The molecule has 1 atom stereocenters. The summed E-state index contributed by atoms with van der Waals surface area (Å²) in [6, 6.07) is 5.93. The third-order valence-electron chi connectivity index (χ3n) is 2.63. The monoisotopic (exact) mass is 240 g/mol. The molecule has 1 aromatic rings. The predicted octanol–water partition coefficient (Wildman–Crippen LogP) is 3.31. The minimum absolute atomic E-state index is 0.283. The summed E-state index contributed by atoms with van der Waals surface area (Å²) in [5.74, 6) is 0.353. The van der Waals surface area contributed by atoms with E-state index in [1.54, 1.807) is 12.1 Å². The summed E-state index contributed by atoms with van der Waals surface area (Å²) >= 11 is 0. The second-order valence-electron chi connectivity index (χ2n) is 4.65. The Labute approximate surface area is 102 Å². The van der Waals surface area contributed by atoms with E-state index < -0.39 is 6.10 Å². The zero-order valence-corrected chi connectivity index (χ0v) is 10.5. The topological polar surface area (TPSA) is 29.5 Å². The van der Waals surface area contributed by atoms with Gasteiger partial charge in [-0.15, -0.1) is 0 Å². The minimum atomic E-state index is -0.574. The average molecular weight is 240 g/mol. The number of benzene rings is 1. The molecule has 0 spiro atoms. The zero-order chi connectivity index (χ0) is 12.7. The van der Waals surface area contributed by atoms with Crippen molar-refractivity contribution in [1.29, 1.82) is 0 Å². The quantitative estimate of drug-likeness (QED) is 0.741. The Balaban J connectivity index is 2.21. The highest BCUT2D eigenvalue weighted by Crippen LogP contribution is 2.16. The first-order chi connectivity index (χ1) is 8.09. The summed E-state index contributed by atoms with van der Waals surface area (Å²) in [5.41, 5.74) is 0.735. The highest BCUT2D eigenvalue weighted by atomic mass is 19.1. The number of rotatable bonds is 7. The van der Waals surface area contributed by atoms with Crippen LogP contribution in [-0.4, -0.2) is 18.3 Å². The standard InChI is InChI=1S/C14H21FO2/c1-11(2)7-9-17-10-8-14(16)12-3-5-13(15)6-4-12/h3-6,11,14,16H,7-10H2,1-2H3. The number of ether oxygens (including phenoxy) is 1. The van der Waals surface area contributed by atoms with Gasteiger partial charge in [0.1, 0.15) is 5.82 Å². The summed E-state index contributed by atoms with van der Waals surface area (Å²) in [4.78, 5) is 0. The van der Waals surface area contributed by atoms with Crippen LogP contribution in [0, 0.1) is 11.7 Å². The van der Waals surface area contributed by atoms with E-state index in [0.29, 0.717) is 18.9 Å². The van der Waals surface area contributed by atoms with Crippen molar-refractivity contribution in [3.63, 3.8) is 0 Å². The Morgan fingerprint density at radius 3 is 2.29 bits per heavy atom. The zero-order valence-electron chi connectivity index (χ0n) is 10.5. The number of hydrogen-bond acceptors (Lipinski definition) is 2. The molecule has 1 rings (SSSR count). The molecule has 0 fully saturated rings. The average Bonchev–Trinajstić information content (AvgIpc) is 2.29. The lowest BCUT2D eigenvalue weighted by atomic mass is 10.1. The lowest BCUT2D eigenvalue weighted by Gasteiger charge is -2.11. The van der Waals surface area contributed by atoms with Gasteiger partial charge < -0.3 is 9.84 Å². The Kier molecular flexibility index (Phi) is 6.16. The van der Waals surface area contributed by atoms with Gasteiger partial charge in [-0.05, 0) is 30.0 Å². The third kappa shape index (κ3) is 5.80. The van der Waals surface area contributed by atoms with Gasteiger partial charge >= 0.3 is 0 Å². The largest absolute Gasteiger partial charge is 0.388 e. The summed E-state index contributed by atoms with van der Waals surface area (Å²) in [7, 11) is 0. The van der Waals surface area contributed by atoms with E-state index in [1.807, 2.05) is 0 Å². The van der Waals surface area contributed by atoms with E-state index in [-0.39, 0.29) is 5.82 Å². The summed E-state index contributed by atoms with van der Waals surface area (Å²) in [5, 5.41) is 9.82. The molecule has 1 aromatic carbocycles. The number of aliphatic hydroxyl groups excluding tert-OH is 1. The normalized spacial score (nSPS) is 13.0. The van der Waals surface area contributed by atoms with Crippen molar-refractivity contribution in [2.75, 3.05) is 13.2 Å². The Hall–Kier alpha value is -0.930. The van der Waals surface area contributed by atoms with Crippen molar-refractivity contribution in [3.05, 3.63) is 35.6 Å². The van der Waals surface area contributed by atoms with Gasteiger partial charge in [0.15, 0.2) is 0 Å². The molecule has 0 aromatic heterocycles. The summed E-state index contributed by atoms with van der Waals surface area (Å²) in [6.45, 7) is 5.56. The molecule has 0 bridgehead atoms. The Morgan fingerprint density at radius 2 is 1.71 bits per heavy atom. The van der Waals surface area contributed by atoms with E-state index in [2.05, 4.69) is 13.8 Å². The molecule has 0 radical (unpaired) electrons. The molecular weight excluding hydrogens is 219 g/mol. The molecule has 96 valence electrons. The molecule has 0 aliphatic rings. The van der Waals surface area contributed by atoms with Crippen LogP contribution in [0.4, 0.5) is 4.39 Å². The fourth-order valence-electron chi connectivity index (χ4n) is 1.47. The van der Waals surface area contributed by atoms with E-state index in [4.69, 9.17) is 4.74 Å². The molecule has 0 saturated heterocycles. The van der Waals surface area contributed by atoms with Crippen LogP contribution in [0.3, 0.4) is 0 Å². The number of aliphatic hydroxyl groups is 1. The Morgan fingerprint density at radius 1 is 1.12 bits per heavy atom. The predicted molar refractivity (Wildman–Crippen MR) is 66.3 cm³/mol. The van der Waals surface area contributed by atoms with E-state index in [9.17, 15) is 9.50 Å². The second-order valence-corrected chi connectivity index (χ2v) is 4.65. The van der Waals surface area contributed by atoms with Crippen molar-refractivity contribution in [2.24, 2.45) is 5.92 Å². The van der Waals surface area contributed by atoms with E-state index in [1.165, 1.54) is 12.1 Å². The molecule has 3 heteroatoms. The molecule has 2 nitrogen and oxygen atoms in total. The van der Waals surface area contributed by atoms with Crippen molar-refractivity contribution in [3.8, 4) is 0 Å². The van der Waals surface area contributed by atoms with Crippen LogP contribution in [0.15, 0.2) is 24.3 Å². The maximum atomic E-state index is 12.7. The summed E-state index contributed by atoms with van der Waals surface area (Å²) < 4.78 is 18.1. The van der Waals surface area contributed by atoms with Gasteiger partial charge in [-0.3, -0.25) is 0 Å². The highest BCUT2D eigenvalue weighted by Gasteiger charge is 2.07. The molecule has 0 aliphatic carbocycles. The third-order valence-corrected chi connectivity index (χ3v) is 2.63. The van der Waals surface area contributed by atoms with E-state index in [0.717, 1.165) is 18.6 Å². The lowest BCUT2D eigenvalue weighted by Crippen LogP contribution is -2.05. The molecule has 1 unspecified atom stereocenters. The molecule has 0 saturated carbocycles. The van der Waals surface area contributed by atoms with Crippen LogP contribution < -0.4 is 0 Å². The van der Waals surface area contributed by atoms with Crippen molar-refractivity contribution in [2.45, 2.75) is 32.8 Å². The second kappa shape index (κ2) is 7.41. The van der Waals surface area contributed by atoms with Gasteiger partial charge in [0.05, 0.1) is 6.10 Å². The molecular formula is C14H21FO2. The molecule has 0 heterocycles. The Bertz CT molecular complexity index is 309. The van der Waals surface area contributed by atoms with Gasteiger partial charge in [-0.25, -0.2) is 4.39 Å². The lowest BCUT2D eigenvalue weighted by molar-refractivity contribution is 0.0767. The van der Waals surface area contributed by atoms with Gasteiger partial charge in [0.25, 0.3) is 0 Å². The number of hydrogen-bond donors (Lipinski definition) is 1. The first kappa shape index (κ1) is 14.1. The first-order valence-electron chi connectivity index (χ1n) is 6.11. The van der Waals surface area contributed by atoms with Gasteiger partial charge in [0, 0.05) is 19.6 Å². The van der Waals surface area contributed by atoms with Crippen LogP contribution in [0.25, 0.3) is 0 Å². The van der Waals surface area contributed by atoms with Crippen molar-refractivity contribution in [1.82, 2.24) is 0 Å². The number of halogens is 1. The van der Waals surface area contributed by atoms with Gasteiger partial charge in [-0.2, -0.15) is 0 Å². The summed E-state index contributed by atoms with van der Waals surface area (Å²) in [6.07, 6.45) is 1.01. The molecule has 0 amide bonds. The molecule has 17 heavy (non-hydrogen) atoms. The van der Waals surface area contributed by atoms with Crippen LogP contribution in [0.2, 0.25) is 0 Å². The molecule has 0 aliphatic heterocycles. The fraction of sp³-hybridized carbons (Fsp3) is 0.571. The minimum Gasteiger partial charge on any atom is -0.388 e. The fourth-order valence-corrected chi connectivity index (χ4v) is 1.47. The van der Waals surface area contributed by atoms with Gasteiger partial charge in [0.2, 0.25) is 0 Å². The van der Waals surface area contributed by atoms with E-state index >= 15 is 0 Å². The molecule has 1 N–H and O–H groups in total. The van der Waals surface area contributed by atoms with Crippen molar-refractivity contribution < 1.29 is 14.2 Å². The smallest absolute Gasteiger partial charge is 0.123 e. The van der Waals surface area contributed by atoms with Crippen LogP contribution in [0.1, 0.15) is 38.4 Å². The van der Waals surface area contributed by atoms with Crippen LogP contribution in [0.5, 0.6) is 0 Å². The maximum Gasteiger partial charge on any atom is 0.123 e. The van der Waals surface area contributed by atoms with Crippen molar-refractivity contribution >= 4 is 0 Å². The highest BCUT2D eigenvalue weighted by molar-refractivity contribution is 5.18. The van der Waals surface area contributed by atoms with Gasteiger partial charge in [-0.1, -0.05) is 26.0 Å². The maximum absolute atomic E-state index is 12.7. The van der Waals surface area contributed by atoms with Crippen LogP contribution >= 0.6 is 0 Å². The first-order valence-corrected chi connectivity index (χ1v) is 6.11. The SMILES string of the molecule is CC(C)CCOCCC(O)c1ccc(F)cc1. The van der Waals surface area contributed by atoms with Crippen LogP contribution in [-0.2, 0) is 4.74 Å².